The average molecular weight is 333 g/mol. The second-order valence-electron chi connectivity index (χ2n) is 5.09. The van der Waals surface area contributed by atoms with Crippen LogP contribution >= 0.6 is 0 Å². The first-order valence-corrected chi connectivity index (χ1v) is 7.20. The first-order chi connectivity index (χ1) is 11.4. The molecule has 2 rings (SSSR count). The summed E-state index contributed by atoms with van der Waals surface area (Å²) < 4.78 is 9.44. The van der Waals surface area contributed by atoms with E-state index in [1.807, 2.05) is 0 Å². The van der Waals surface area contributed by atoms with Crippen LogP contribution in [0, 0.1) is 10.1 Å². The van der Waals surface area contributed by atoms with Crippen molar-refractivity contribution in [2.75, 3.05) is 7.11 Å². The lowest BCUT2D eigenvalue weighted by Gasteiger charge is -2.15. The summed E-state index contributed by atoms with van der Waals surface area (Å²) in [6.07, 6.45) is -0.342. The first kappa shape index (κ1) is 17.3. The van der Waals surface area contributed by atoms with E-state index < -0.39 is 40.3 Å². The van der Waals surface area contributed by atoms with Gasteiger partial charge in [0.05, 0.1) is 23.5 Å². The van der Waals surface area contributed by atoms with Crippen molar-refractivity contribution < 1.29 is 23.7 Å². The summed E-state index contributed by atoms with van der Waals surface area (Å²) in [5.41, 5.74) is -1.78. The van der Waals surface area contributed by atoms with E-state index in [4.69, 9.17) is 4.42 Å². The predicted octanol–water partition coefficient (Wildman–Crippen LogP) is 2.33. The third-order valence-electron chi connectivity index (χ3n) is 3.70. The second kappa shape index (κ2) is 7.03. The Bertz CT molecular complexity index is 868. The molecule has 0 spiro atoms. The molecule has 24 heavy (non-hydrogen) atoms. The highest BCUT2D eigenvalue weighted by Gasteiger charge is 2.33. The van der Waals surface area contributed by atoms with E-state index in [9.17, 15) is 24.5 Å². The molecule has 1 heterocycles. The minimum Gasteiger partial charge on any atom is -0.469 e. The predicted molar refractivity (Wildman–Crippen MR) is 83.8 cm³/mol. The maximum Gasteiger partial charge on any atom is 0.415 e. The molecule has 0 saturated carbocycles. The van der Waals surface area contributed by atoms with E-state index in [1.165, 1.54) is 12.1 Å². The highest BCUT2D eigenvalue weighted by molar-refractivity contribution is 6.02. The third kappa shape index (κ3) is 3.17. The minimum absolute atomic E-state index is 0.0248. The number of benzene rings is 1. The zero-order valence-corrected chi connectivity index (χ0v) is 13.1. The highest BCUT2D eigenvalue weighted by atomic mass is 16.6. The van der Waals surface area contributed by atoms with Crippen molar-refractivity contribution in [3.8, 4) is 0 Å². The van der Waals surface area contributed by atoms with E-state index in [2.05, 4.69) is 4.74 Å². The number of nitro groups is 1. The molecular formula is C16H15NO7. The van der Waals surface area contributed by atoms with Crippen molar-refractivity contribution in [2.24, 2.45) is 0 Å². The first-order valence-electron chi connectivity index (χ1n) is 7.20. The molecule has 1 unspecified atom stereocenters. The Morgan fingerprint density at radius 1 is 1.33 bits per heavy atom. The standard InChI is InChI=1S/C16H15NO7/c1-3-9(11(18)8-13(19)23-2)14-10-6-4-5-7-12(10)24-16(20)15(14)17(21)22/h4-7,9H,3,8H2,1-2H3. The highest BCUT2D eigenvalue weighted by Crippen LogP contribution is 2.34. The van der Waals surface area contributed by atoms with Crippen molar-refractivity contribution >= 4 is 28.4 Å². The van der Waals surface area contributed by atoms with Crippen LogP contribution in [0.4, 0.5) is 5.69 Å². The number of rotatable bonds is 6. The van der Waals surface area contributed by atoms with Gasteiger partial charge >= 0.3 is 17.3 Å². The minimum atomic E-state index is -1.13. The summed E-state index contributed by atoms with van der Waals surface area (Å²) >= 11 is 0. The molecule has 0 fully saturated rings. The van der Waals surface area contributed by atoms with Crippen LogP contribution < -0.4 is 5.63 Å². The Labute approximate surface area is 136 Å². The van der Waals surface area contributed by atoms with Gasteiger partial charge in [0.2, 0.25) is 0 Å². The molecule has 8 heteroatoms. The molecule has 0 aliphatic carbocycles. The zero-order chi connectivity index (χ0) is 17.9. The summed E-state index contributed by atoms with van der Waals surface area (Å²) in [4.78, 5) is 46.3. The number of ketones is 1. The lowest BCUT2D eigenvalue weighted by molar-refractivity contribution is -0.388. The normalized spacial score (nSPS) is 11.9. The van der Waals surface area contributed by atoms with E-state index in [0.717, 1.165) is 7.11 Å². The fraction of sp³-hybridized carbons (Fsp3) is 0.312. The third-order valence-corrected chi connectivity index (χ3v) is 3.70. The number of Topliss-reactive ketones (excluding diaryl/α,β-unsaturated/α-hetero) is 1. The Balaban J connectivity index is 2.73. The van der Waals surface area contributed by atoms with Crippen LogP contribution in [-0.2, 0) is 14.3 Å². The summed E-state index contributed by atoms with van der Waals surface area (Å²) in [6, 6.07) is 6.25. The summed E-state index contributed by atoms with van der Waals surface area (Å²) in [7, 11) is 1.14. The monoisotopic (exact) mass is 333 g/mol. The maximum atomic E-state index is 12.4. The van der Waals surface area contributed by atoms with Crippen LogP contribution in [0.15, 0.2) is 33.5 Å². The number of para-hydroxylation sites is 1. The number of hydrogen-bond donors (Lipinski definition) is 0. The summed E-state index contributed by atoms with van der Waals surface area (Å²) in [6.45, 7) is 1.65. The zero-order valence-electron chi connectivity index (χ0n) is 13.1. The van der Waals surface area contributed by atoms with Gasteiger partial charge in [0.1, 0.15) is 12.0 Å². The lowest BCUT2D eigenvalue weighted by Crippen LogP contribution is -2.21. The number of carbonyl (C=O) groups is 2. The molecule has 0 bridgehead atoms. The number of carbonyl (C=O) groups excluding carboxylic acids is 2. The Morgan fingerprint density at radius 2 is 2.00 bits per heavy atom. The number of fused-ring (bicyclic) bond motifs is 1. The largest absolute Gasteiger partial charge is 0.469 e. The molecule has 1 atom stereocenters. The van der Waals surface area contributed by atoms with Gasteiger partial charge in [-0.2, -0.15) is 0 Å². The number of ether oxygens (including phenoxy) is 1. The lowest BCUT2D eigenvalue weighted by atomic mass is 9.87. The molecule has 0 radical (unpaired) electrons. The van der Waals surface area contributed by atoms with Crippen molar-refractivity contribution in [3.63, 3.8) is 0 Å². The molecule has 1 aromatic heterocycles. The van der Waals surface area contributed by atoms with Gasteiger partial charge in [0, 0.05) is 5.39 Å². The summed E-state index contributed by atoms with van der Waals surface area (Å²) in [5, 5.41) is 11.7. The molecule has 8 nitrogen and oxygen atoms in total. The van der Waals surface area contributed by atoms with Gasteiger partial charge in [-0.05, 0) is 12.5 Å². The van der Waals surface area contributed by atoms with Crippen molar-refractivity contribution in [1.82, 2.24) is 0 Å². The van der Waals surface area contributed by atoms with Gasteiger partial charge in [-0.15, -0.1) is 0 Å². The smallest absolute Gasteiger partial charge is 0.415 e. The molecule has 2 aromatic rings. The quantitative estimate of drug-likeness (QED) is 0.262. The van der Waals surface area contributed by atoms with E-state index in [1.54, 1.807) is 19.1 Å². The fourth-order valence-corrected chi connectivity index (χ4v) is 2.62. The van der Waals surface area contributed by atoms with Crippen molar-refractivity contribution in [3.05, 3.63) is 50.4 Å². The molecule has 1 aromatic carbocycles. The fourth-order valence-electron chi connectivity index (χ4n) is 2.62. The van der Waals surface area contributed by atoms with Crippen LogP contribution in [0.1, 0.15) is 31.2 Å². The van der Waals surface area contributed by atoms with Crippen LogP contribution in [0.2, 0.25) is 0 Å². The van der Waals surface area contributed by atoms with Gasteiger partial charge in [0.15, 0.2) is 5.78 Å². The second-order valence-corrected chi connectivity index (χ2v) is 5.09. The molecule has 126 valence electrons. The molecular weight excluding hydrogens is 318 g/mol. The molecule has 0 amide bonds. The van der Waals surface area contributed by atoms with Gasteiger partial charge in [0.25, 0.3) is 0 Å². The van der Waals surface area contributed by atoms with Crippen molar-refractivity contribution in [2.45, 2.75) is 25.7 Å². The number of nitrogens with zero attached hydrogens (tertiary/aromatic N) is 1. The van der Waals surface area contributed by atoms with Gasteiger partial charge in [-0.3, -0.25) is 19.7 Å². The van der Waals surface area contributed by atoms with Crippen molar-refractivity contribution in [1.29, 1.82) is 0 Å². The van der Waals surface area contributed by atoms with E-state index in [-0.39, 0.29) is 17.6 Å². The summed E-state index contributed by atoms with van der Waals surface area (Å²) in [5.74, 6) is -2.28. The van der Waals surface area contributed by atoms with Crippen LogP contribution in [-0.4, -0.2) is 23.8 Å². The molecule has 0 aliphatic rings. The molecule has 0 N–H and O–H groups in total. The van der Waals surface area contributed by atoms with Crippen LogP contribution in [0.3, 0.4) is 0 Å². The van der Waals surface area contributed by atoms with Gasteiger partial charge in [-0.1, -0.05) is 25.1 Å². The van der Waals surface area contributed by atoms with Crippen LogP contribution in [0.5, 0.6) is 0 Å². The van der Waals surface area contributed by atoms with Crippen LogP contribution in [0.25, 0.3) is 11.0 Å². The Morgan fingerprint density at radius 3 is 2.58 bits per heavy atom. The number of hydrogen-bond acceptors (Lipinski definition) is 7. The van der Waals surface area contributed by atoms with Gasteiger partial charge in [-0.25, -0.2) is 4.79 Å². The maximum absolute atomic E-state index is 12.4. The van der Waals surface area contributed by atoms with Gasteiger partial charge < -0.3 is 9.15 Å². The van der Waals surface area contributed by atoms with E-state index >= 15 is 0 Å². The molecule has 0 saturated heterocycles. The SMILES string of the molecule is CCC(C(=O)CC(=O)OC)c1c([N+](=O)[O-])c(=O)oc2ccccc12. The average Bonchev–Trinajstić information content (AvgIpc) is 2.54. The number of esters is 1. The number of methoxy groups -OCH3 is 1. The topological polar surface area (TPSA) is 117 Å². The van der Waals surface area contributed by atoms with E-state index in [0.29, 0.717) is 5.39 Å². The Kier molecular flexibility index (Phi) is 5.08. The Hall–Kier alpha value is -3.03. The molecule has 0 aliphatic heterocycles.